The molecular weight excluding hydrogens is 1470 g/mol. The number of allylic oxidation sites excluding steroid dienone is 1. The number of rotatable bonds is 13. The summed E-state index contributed by atoms with van der Waals surface area (Å²) in [7, 11) is 4.82. The van der Waals surface area contributed by atoms with E-state index < -0.39 is 151 Å². The number of nitrogens with zero attached hydrogens (tertiary/aromatic N) is 8. The van der Waals surface area contributed by atoms with Gasteiger partial charge in [0.25, 0.3) is 23.6 Å². The summed E-state index contributed by atoms with van der Waals surface area (Å²) in [4.78, 5) is 156. The Morgan fingerprint density at radius 3 is 2.24 bits per heavy atom. The average molecular weight is 1530 g/mol. The van der Waals surface area contributed by atoms with Gasteiger partial charge in [0, 0.05) is 55.6 Å². The molecular formula is C63H64N14O20S6. The van der Waals surface area contributed by atoms with E-state index in [9.17, 15) is 44.5 Å². The van der Waals surface area contributed by atoms with Crippen molar-refractivity contribution >= 4 is 138 Å². The summed E-state index contributed by atoms with van der Waals surface area (Å²) in [5, 5.41) is 76.7. The molecule has 1 fully saturated rings. The predicted octanol–water partition coefficient (Wildman–Crippen LogP) is 3.56. The number of esters is 2. The summed E-state index contributed by atoms with van der Waals surface area (Å²) >= 11 is 5.21. The first-order valence-electron chi connectivity index (χ1n) is 31.2. The van der Waals surface area contributed by atoms with Gasteiger partial charge in [0.05, 0.1) is 48.8 Å². The molecule has 4 aliphatic heterocycles. The van der Waals surface area contributed by atoms with Crippen LogP contribution in [0.15, 0.2) is 56.9 Å². The number of aliphatic hydroxyl groups is 2. The summed E-state index contributed by atoms with van der Waals surface area (Å²) in [5.41, 5.74) is 2.39. The number of carbonyl (C=O) groups is 9. The molecule has 7 aromatic heterocycles. The van der Waals surface area contributed by atoms with Crippen LogP contribution < -0.4 is 32.3 Å². The Morgan fingerprint density at radius 1 is 0.864 bits per heavy atom. The Hall–Kier alpha value is -9.46. The summed E-state index contributed by atoms with van der Waals surface area (Å²) < 4.78 is 38.2. The number of nitrogens with two attached hydrogens (primary N) is 1. The number of cyclic esters (lactones) is 2. The minimum atomic E-state index is -1.93. The highest BCUT2D eigenvalue weighted by Crippen LogP contribution is 2.43. The SMILES string of the molecule is COC(C)=C1NC(=O)C(C(C)O)NC(=O)c2csc(n2)-c2cc(O)c(-c3nc(C(=O)NC(CSCC(=O)O)C(N)=O)cs3)nc2-c2csc(n2)C2COC(=O)c3c4c5c(cccc5n3O)COC(=O)C(OC3CC(C)(O)C(N(C)C)C(C)O3)C(OC4)C(NC(=O)c3csc1n3)c1nc(cs1)C(=O)N2. The maximum Gasteiger partial charge on any atom is 0.358 e. The molecule has 12 N–H and O–H groups in total. The molecule has 12 rings (SSSR count). The van der Waals surface area contributed by atoms with Crippen molar-refractivity contribution in [2.45, 2.75) is 114 Å². The number of hydrogen-bond donors (Lipinski definition) is 11. The van der Waals surface area contributed by atoms with Gasteiger partial charge in [-0.15, -0.1) is 68.4 Å². The van der Waals surface area contributed by atoms with Gasteiger partial charge < -0.3 is 91.3 Å². The lowest BCUT2D eigenvalue weighted by atomic mass is 9.85. The summed E-state index contributed by atoms with van der Waals surface area (Å²) in [6, 6.07) is -0.797. The number of thiazole rings is 5. The quantitative estimate of drug-likeness (QED) is 0.0446. The van der Waals surface area contributed by atoms with Crippen LogP contribution in [0.5, 0.6) is 5.75 Å². The highest BCUT2D eigenvalue weighted by atomic mass is 32.2. The number of fused-ring (bicyclic) bond motifs is 15. The van der Waals surface area contributed by atoms with E-state index >= 15 is 19.2 Å². The maximum atomic E-state index is 15.2. The van der Waals surface area contributed by atoms with Crippen molar-refractivity contribution in [3.63, 3.8) is 0 Å². The zero-order valence-corrected chi connectivity index (χ0v) is 60.1. The van der Waals surface area contributed by atoms with Crippen molar-refractivity contribution in [1.82, 2.24) is 66.1 Å². The second-order valence-electron chi connectivity index (χ2n) is 24.4. The van der Waals surface area contributed by atoms with Crippen LogP contribution in [-0.4, -0.2) is 212 Å². The molecule has 40 heteroatoms. The fraction of sp³-hybridized carbons (Fsp3) is 0.381. The largest absolute Gasteiger partial charge is 0.506 e. The number of carboxylic acids is 1. The van der Waals surface area contributed by atoms with Gasteiger partial charge in [0.15, 0.2) is 18.1 Å². The Labute approximate surface area is 606 Å². The second-order valence-corrected chi connectivity index (χ2v) is 29.8. The third-order valence-electron chi connectivity index (χ3n) is 16.9. The minimum Gasteiger partial charge on any atom is -0.506 e. The number of pyridine rings is 1. The Kier molecular flexibility index (Phi) is 21.4. The summed E-state index contributed by atoms with van der Waals surface area (Å²) in [6.07, 6.45) is -7.64. The highest BCUT2D eigenvalue weighted by Gasteiger charge is 2.50. The predicted molar refractivity (Wildman–Crippen MR) is 370 cm³/mol. The van der Waals surface area contributed by atoms with Crippen molar-refractivity contribution < 1.29 is 97.2 Å². The van der Waals surface area contributed by atoms with Gasteiger partial charge in [-0.25, -0.2) is 39.5 Å². The molecule has 542 valence electrons. The zero-order valence-electron chi connectivity index (χ0n) is 55.2. The Morgan fingerprint density at radius 2 is 1.53 bits per heavy atom. The molecule has 0 spiro atoms. The Bertz CT molecular complexity index is 4730. The van der Waals surface area contributed by atoms with Crippen molar-refractivity contribution in [3.8, 4) is 38.4 Å². The number of aliphatic carboxylic acids is 1. The second kappa shape index (κ2) is 30.1. The lowest BCUT2D eigenvalue weighted by Gasteiger charge is -2.48. The van der Waals surface area contributed by atoms with E-state index in [1.807, 2.05) is 0 Å². The molecule has 12 bridgehead atoms. The van der Waals surface area contributed by atoms with Gasteiger partial charge in [-0.1, -0.05) is 12.1 Å². The molecule has 1 aromatic carbocycles. The van der Waals surface area contributed by atoms with Crippen LogP contribution in [0.2, 0.25) is 0 Å². The van der Waals surface area contributed by atoms with Crippen molar-refractivity contribution in [1.29, 1.82) is 0 Å². The summed E-state index contributed by atoms with van der Waals surface area (Å²) in [6.45, 7) is 4.15. The number of nitrogens with one attached hydrogen (secondary N) is 5. The van der Waals surface area contributed by atoms with Gasteiger partial charge in [0.2, 0.25) is 11.8 Å². The van der Waals surface area contributed by atoms with Crippen molar-refractivity contribution in [3.05, 3.63) is 112 Å². The third-order valence-corrected chi connectivity index (χ3v) is 22.4. The van der Waals surface area contributed by atoms with Crippen LogP contribution in [0.1, 0.15) is 125 Å². The van der Waals surface area contributed by atoms with Crippen LogP contribution in [-0.2, 0) is 60.8 Å². The van der Waals surface area contributed by atoms with E-state index in [0.29, 0.717) is 4.73 Å². The third kappa shape index (κ3) is 15.2. The number of methoxy groups -OCH3 is 1. The average Bonchev–Trinajstić information content (AvgIpc) is 1.63. The number of carboxylic acid groups (broad SMARTS) is 1. The van der Waals surface area contributed by atoms with Gasteiger partial charge in [-0.05, 0) is 59.5 Å². The molecule has 11 heterocycles. The number of amides is 6. The first-order valence-corrected chi connectivity index (χ1v) is 36.7. The molecule has 4 aliphatic rings. The number of benzene rings is 1. The number of aromatic hydroxyl groups is 1. The smallest absolute Gasteiger partial charge is 0.358 e. The van der Waals surface area contributed by atoms with Gasteiger partial charge in [0.1, 0.15) is 126 Å². The molecule has 0 radical (unpaired) electrons. The number of hydrogen-bond acceptors (Lipinski definition) is 32. The molecule has 103 heavy (non-hydrogen) atoms. The van der Waals surface area contributed by atoms with Crippen LogP contribution >= 0.6 is 68.4 Å². The fourth-order valence-corrected chi connectivity index (χ4v) is 17.1. The number of aliphatic hydroxyl groups excluding tert-OH is 1. The number of primary amides is 1. The van der Waals surface area contributed by atoms with Gasteiger partial charge in [-0.2, -0.15) is 4.73 Å². The van der Waals surface area contributed by atoms with Crippen LogP contribution in [0.4, 0.5) is 0 Å². The monoisotopic (exact) mass is 1530 g/mol. The first kappa shape index (κ1) is 73.3. The molecule has 0 saturated carbocycles. The van der Waals surface area contributed by atoms with E-state index in [-0.39, 0.29) is 122 Å². The summed E-state index contributed by atoms with van der Waals surface area (Å²) in [5.74, 6) is -10.1. The molecule has 8 aromatic rings. The van der Waals surface area contributed by atoms with E-state index in [0.717, 1.165) is 68.4 Å². The molecule has 11 atom stereocenters. The molecule has 6 amide bonds. The van der Waals surface area contributed by atoms with E-state index in [1.165, 1.54) is 60.0 Å². The molecule has 11 unspecified atom stereocenters. The topological polar surface area (TPSA) is 482 Å². The molecule has 34 nitrogen and oxygen atoms in total. The van der Waals surface area contributed by atoms with E-state index in [4.69, 9.17) is 54.2 Å². The number of likely N-dealkylation sites (N-methyl/N-ethyl adjacent to an activating group) is 1. The van der Waals surface area contributed by atoms with Crippen molar-refractivity contribution in [2.75, 3.05) is 39.3 Å². The van der Waals surface area contributed by atoms with Crippen LogP contribution in [0.3, 0.4) is 0 Å². The maximum absolute atomic E-state index is 15.2. The normalized spacial score (nSPS) is 23.7. The standard InChI is InChI=1S/C63H64N14O20S6/c1-23(78)41-55(87)74-42(24(2)92-7)58-69-35(21-101-58)54(86)75-45-47-48(97-39-12-63(4,90)49(76(5)6)25(3)96-39)62(89)94-13-26-9-8-10-36-40(26)28(14-93-47)46(77(36)91)61(88)95-15-29(65-51(83)32-20-103-60(45)71-32)57-67-30(17-100-57)43-27(56-68-34(18-99-56)53(85)73-41)11-37(79)44(72-43)59-70-33(19-102-59)52(84)66-31(50(64)82)16-98-22-38(80)81/h8-11,17-21,23,25,29,31,39,41,45,47-49,78-79,90-91H,12-16,22H2,1-7H3,(H2,64,82)(H,65,83)(H,66,84)(H,73,85)(H,74,87)(H,75,86)(H,80,81). The van der Waals surface area contributed by atoms with Gasteiger partial charge >= 0.3 is 17.9 Å². The van der Waals surface area contributed by atoms with Gasteiger partial charge in [-0.3, -0.25) is 33.6 Å². The number of thioether (sulfide) groups is 1. The highest BCUT2D eigenvalue weighted by molar-refractivity contribution is 8.00. The minimum absolute atomic E-state index is 0.00398. The number of aromatic nitrogens is 7. The number of carbonyl (C=O) groups excluding carboxylic acids is 8. The van der Waals surface area contributed by atoms with E-state index in [1.54, 1.807) is 45.0 Å². The van der Waals surface area contributed by atoms with Crippen molar-refractivity contribution in [2.24, 2.45) is 5.73 Å². The lowest BCUT2D eigenvalue weighted by Crippen LogP contribution is -2.62. The zero-order chi connectivity index (χ0) is 73.6. The fourth-order valence-electron chi connectivity index (χ4n) is 12.2. The number of ether oxygens (including phenoxy) is 6. The van der Waals surface area contributed by atoms with E-state index in [2.05, 4.69) is 41.5 Å². The molecule has 1 saturated heterocycles. The molecule has 0 aliphatic carbocycles. The Balaban J connectivity index is 1.02. The van der Waals surface area contributed by atoms with Crippen LogP contribution in [0, 0.1) is 0 Å². The first-order chi connectivity index (χ1) is 49.1. The lowest BCUT2D eigenvalue weighted by molar-refractivity contribution is -0.280. The van der Waals surface area contributed by atoms with Crippen LogP contribution in [0.25, 0.3) is 49.3 Å².